The molecule has 10 heteroatoms. The maximum absolute atomic E-state index is 14.0. The van der Waals surface area contributed by atoms with Crippen molar-refractivity contribution >= 4 is 44.5 Å². The van der Waals surface area contributed by atoms with Crippen LogP contribution in [0.25, 0.3) is 17.0 Å². The highest BCUT2D eigenvalue weighted by molar-refractivity contribution is 9.10. The van der Waals surface area contributed by atoms with E-state index in [1.165, 1.54) is 23.0 Å². The molecule has 4 aromatic rings. The number of primary amides is 1. The van der Waals surface area contributed by atoms with E-state index >= 15 is 0 Å². The zero-order valence-corrected chi connectivity index (χ0v) is 15.7. The van der Waals surface area contributed by atoms with Gasteiger partial charge in [-0.25, -0.2) is 14.4 Å². The minimum absolute atomic E-state index is 0.0538. The molecule has 0 spiro atoms. The summed E-state index contributed by atoms with van der Waals surface area (Å²) < 4.78 is 15.8. The Kier molecular flexibility index (Phi) is 4.40. The van der Waals surface area contributed by atoms with Gasteiger partial charge in [-0.3, -0.25) is 14.2 Å². The molecule has 140 valence electrons. The molecule has 4 rings (SSSR count). The maximum Gasteiger partial charge on any atom is 0.276 e. The Labute approximate surface area is 165 Å². The number of para-hydroxylation sites is 2. The number of nitrogens with one attached hydrogen (secondary N) is 2. The maximum atomic E-state index is 14.0. The molecule has 0 aliphatic carbocycles. The Morgan fingerprint density at radius 2 is 2.00 bits per heavy atom. The van der Waals surface area contributed by atoms with Crippen LogP contribution < -0.4 is 11.1 Å². The summed E-state index contributed by atoms with van der Waals surface area (Å²) in [5, 5.41) is 2.39. The van der Waals surface area contributed by atoms with Crippen molar-refractivity contribution in [3.8, 4) is 5.95 Å². The van der Waals surface area contributed by atoms with Crippen molar-refractivity contribution < 1.29 is 14.0 Å². The number of fused-ring (bicyclic) bond motifs is 1. The van der Waals surface area contributed by atoms with E-state index in [4.69, 9.17) is 5.73 Å². The third-order valence-electron chi connectivity index (χ3n) is 4.00. The highest BCUT2D eigenvalue weighted by Crippen LogP contribution is 2.21. The van der Waals surface area contributed by atoms with Crippen LogP contribution in [0.1, 0.15) is 21.0 Å². The van der Waals surface area contributed by atoms with E-state index in [9.17, 15) is 14.0 Å². The van der Waals surface area contributed by atoms with Gasteiger partial charge in [0.15, 0.2) is 5.69 Å². The molecule has 2 aromatic heterocycles. The van der Waals surface area contributed by atoms with Crippen LogP contribution in [0.4, 0.5) is 10.1 Å². The number of nitrogens with zero attached hydrogens (tertiary/aromatic N) is 3. The third kappa shape index (κ3) is 3.14. The van der Waals surface area contributed by atoms with Crippen molar-refractivity contribution in [2.75, 3.05) is 5.32 Å². The molecule has 0 unspecified atom stereocenters. The predicted octanol–water partition coefficient (Wildman–Crippen LogP) is 3.00. The number of carbonyl (C=O) groups excluding carboxylic acids is 2. The fraction of sp³-hybridized carbons (Fsp3) is 0. The number of hydrogen-bond acceptors (Lipinski definition) is 4. The molecule has 2 heterocycles. The molecule has 4 N–H and O–H groups in total. The van der Waals surface area contributed by atoms with E-state index in [1.54, 1.807) is 12.1 Å². The number of H-pyrrole nitrogens is 1. The van der Waals surface area contributed by atoms with E-state index in [1.807, 2.05) is 18.2 Å². The van der Waals surface area contributed by atoms with Crippen LogP contribution in [0.2, 0.25) is 0 Å². The first-order chi connectivity index (χ1) is 13.4. The molecule has 0 aliphatic rings. The first-order valence-corrected chi connectivity index (χ1v) is 8.82. The highest BCUT2D eigenvalue weighted by atomic mass is 79.9. The van der Waals surface area contributed by atoms with Crippen LogP contribution in [0.3, 0.4) is 0 Å². The van der Waals surface area contributed by atoms with Gasteiger partial charge < -0.3 is 16.0 Å². The Morgan fingerprint density at radius 1 is 1.21 bits per heavy atom. The van der Waals surface area contributed by atoms with Crippen molar-refractivity contribution in [2.45, 2.75) is 0 Å². The molecule has 0 saturated heterocycles. The van der Waals surface area contributed by atoms with Crippen LogP contribution in [0.15, 0.2) is 53.3 Å². The Bertz CT molecular complexity index is 1200. The van der Waals surface area contributed by atoms with Gasteiger partial charge in [-0.2, -0.15) is 0 Å². The molecule has 28 heavy (non-hydrogen) atoms. The number of aromatic nitrogens is 4. The smallest absolute Gasteiger partial charge is 0.276 e. The van der Waals surface area contributed by atoms with Crippen LogP contribution in [0, 0.1) is 5.82 Å². The molecule has 0 fully saturated rings. The number of halogens is 2. The normalized spacial score (nSPS) is 10.9. The fourth-order valence-corrected chi connectivity index (χ4v) is 3.07. The van der Waals surface area contributed by atoms with Gasteiger partial charge in [-0.05, 0) is 30.3 Å². The van der Waals surface area contributed by atoms with Gasteiger partial charge in [0.1, 0.15) is 17.8 Å². The topological polar surface area (TPSA) is 119 Å². The van der Waals surface area contributed by atoms with E-state index in [0.717, 1.165) is 5.52 Å². The van der Waals surface area contributed by atoms with E-state index in [0.29, 0.717) is 9.99 Å². The fourth-order valence-electron chi connectivity index (χ4n) is 2.74. The Balaban J connectivity index is 1.74. The molecule has 0 atom stereocenters. The SMILES string of the molecule is NC(=O)c1c(C(=O)Nc2ccc(Br)cc2F)ncn1-c1nc2ccccc2[nH]1. The van der Waals surface area contributed by atoms with E-state index < -0.39 is 17.6 Å². The van der Waals surface area contributed by atoms with Gasteiger partial charge in [-0.15, -0.1) is 0 Å². The average Bonchev–Trinajstić information content (AvgIpc) is 3.27. The predicted molar refractivity (Wildman–Crippen MR) is 104 cm³/mol. The molecule has 0 bridgehead atoms. The first kappa shape index (κ1) is 17.9. The number of imidazole rings is 2. The minimum Gasteiger partial charge on any atom is -0.364 e. The molecular formula is C18H12BrFN6O2. The van der Waals surface area contributed by atoms with Crippen LogP contribution in [-0.4, -0.2) is 31.3 Å². The minimum atomic E-state index is -0.876. The number of amides is 2. The zero-order chi connectivity index (χ0) is 19.8. The summed E-state index contributed by atoms with van der Waals surface area (Å²) in [6, 6.07) is 11.4. The number of hydrogen-bond donors (Lipinski definition) is 3. The molecule has 0 radical (unpaired) electrons. The summed E-state index contributed by atoms with van der Waals surface area (Å²) in [6.07, 6.45) is 1.25. The second kappa shape index (κ2) is 6.89. The summed E-state index contributed by atoms with van der Waals surface area (Å²) in [4.78, 5) is 36.0. The largest absolute Gasteiger partial charge is 0.364 e. The monoisotopic (exact) mass is 442 g/mol. The first-order valence-electron chi connectivity index (χ1n) is 8.02. The highest BCUT2D eigenvalue weighted by Gasteiger charge is 2.25. The molecule has 2 amide bonds. The van der Waals surface area contributed by atoms with Crippen molar-refractivity contribution in [2.24, 2.45) is 5.73 Å². The number of rotatable bonds is 4. The third-order valence-corrected chi connectivity index (χ3v) is 4.49. The lowest BCUT2D eigenvalue weighted by Gasteiger charge is -2.07. The van der Waals surface area contributed by atoms with Gasteiger partial charge in [0.2, 0.25) is 5.95 Å². The number of anilines is 1. The average molecular weight is 443 g/mol. The van der Waals surface area contributed by atoms with E-state index in [-0.39, 0.29) is 23.0 Å². The zero-order valence-electron chi connectivity index (χ0n) is 14.1. The standard InChI is InChI=1S/C18H12BrFN6O2/c19-9-5-6-11(10(20)7-9)23-17(28)14-15(16(21)27)26(8-22-14)18-24-12-3-1-2-4-13(12)25-18/h1-8H,(H2,21,27)(H,23,28)(H,24,25). The quantitative estimate of drug-likeness (QED) is 0.449. The summed E-state index contributed by atoms with van der Waals surface area (Å²) in [7, 11) is 0. The lowest BCUT2D eigenvalue weighted by molar-refractivity contribution is 0.0970. The lowest BCUT2D eigenvalue weighted by Crippen LogP contribution is -2.23. The van der Waals surface area contributed by atoms with Crippen molar-refractivity contribution in [1.82, 2.24) is 19.5 Å². The van der Waals surface area contributed by atoms with Gasteiger partial charge >= 0.3 is 0 Å². The molecule has 8 nitrogen and oxygen atoms in total. The van der Waals surface area contributed by atoms with Gasteiger partial charge in [0.05, 0.1) is 16.7 Å². The molecule has 0 saturated carbocycles. The van der Waals surface area contributed by atoms with Crippen molar-refractivity contribution in [3.63, 3.8) is 0 Å². The summed E-state index contributed by atoms with van der Waals surface area (Å²) in [5.74, 6) is -2.01. The Hall–Kier alpha value is -3.53. The van der Waals surface area contributed by atoms with Crippen LogP contribution in [0.5, 0.6) is 0 Å². The van der Waals surface area contributed by atoms with Gasteiger partial charge in [0, 0.05) is 4.47 Å². The van der Waals surface area contributed by atoms with Gasteiger partial charge in [-0.1, -0.05) is 28.1 Å². The second-order valence-corrected chi connectivity index (χ2v) is 6.75. The molecular weight excluding hydrogens is 431 g/mol. The lowest BCUT2D eigenvalue weighted by atomic mass is 10.2. The number of benzene rings is 2. The summed E-state index contributed by atoms with van der Waals surface area (Å²) in [6.45, 7) is 0. The van der Waals surface area contributed by atoms with Crippen molar-refractivity contribution in [1.29, 1.82) is 0 Å². The van der Waals surface area contributed by atoms with E-state index in [2.05, 4.69) is 36.2 Å². The summed E-state index contributed by atoms with van der Waals surface area (Å²) in [5.41, 5.74) is 6.42. The molecule has 2 aromatic carbocycles. The number of aromatic amines is 1. The van der Waals surface area contributed by atoms with Gasteiger partial charge in [0.25, 0.3) is 11.8 Å². The number of nitrogens with two attached hydrogens (primary N) is 1. The van der Waals surface area contributed by atoms with Crippen LogP contribution in [-0.2, 0) is 0 Å². The van der Waals surface area contributed by atoms with Crippen LogP contribution >= 0.6 is 15.9 Å². The van der Waals surface area contributed by atoms with Crippen molar-refractivity contribution in [3.05, 3.63) is 70.5 Å². The Morgan fingerprint density at radius 3 is 2.71 bits per heavy atom. The summed E-state index contributed by atoms with van der Waals surface area (Å²) >= 11 is 3.14. The second-order valence-electron chi connectivity index (χ2n) is 5.83. The molecule has 0 aliphatic heterocycles. The number of carbonyl (C=O) groups is 2.